The Kier molecular flexibility index (Phi) is 7.89. The van der Waals surface area contributed by atoms with Crippen LogP contribution >= 0.6 is 0 Å². The molecule has 0 unspecified atom stereocenters. The van der Waals surface area contributed by atoms with E-state index in [1.54, 1.807) is 7.11 Å². The summed E-state index contributed by atoms with van der Waals surface area (Å²) in [6.07, 6.45) is 1.28. The largest absolute Gasteiger partial charge is 0.385 e. The zero-order valence-electron chi connectivity index (χ0n) is 7.72. The number of hydrogen-bond donors (Lipinski definition) is 1. The molecule has 0 saturated carbocycles. The maximum Gasteiger partial charge on any atom is 0.0671 e. The van der Waals surface area contributed by atoms with E-state index in [9.17, 15) is 0 Å². The van der Waals surface area contributed by atoms with Crippen molar-refractivity contribution < 1.29 is 9.47 Å². The van der Waals surface area contributed by atoms with Crippen LogP contribution in [0.5, 0.6) is 0 Å². The predicted molar refractivity (Wildman–Crippen MR) is 45.8 cm³/mol. The van der Waals surface area contributed by atoms with Crippen LogP contribution in [0.4, 0.5) is 0 Å². The van der Waals surface area contributed by atoms with E-state index in [0.717, 1.165) is 26.2 Å². The number of hydrogen-bond acceptors (Lipinski definition) is 3. The van der Waals surface area contributed by atoms with Crippen LogP contribution in [-0.2, 0) is 9.47 Å². The highest BCUT2D eigenvalue weighted by molar-refractivity contribution is 4.51. The molecule has 0 aromatic heterocycles. The lowest BCUT2D eigenvalue weighted by Gasteiger charge is -2.11. The quantitative estimate of drug-likeness (QED) is 0.556. The molecule has 11 heavy (non-hydrogen) atoms. The summed E-state index contributed by atoms with van der Waals surface area (Å²) in [5.41, 5.74) is 0. The van der Waals surface area contributed by atoms with Gasteiger partial charge in [0.1, 0.15) is 0 Å². The Balaban J connectivity index is 2.97. The Morgan fingerprint density at radius 2 is 2.09 bits per heavy atom. The maximum absolute atomic E-state index is 5.44. The van der Waals surface area contributed by atoms with E-state index in [4.69, 9.17) is 9.47 Å². The second-order valence-corrected chi connectivity index (χ2v) is 2.59. The summed E-state index contributed by atoms with van der Waals surface area (Å²) in [4.78, 5) is 0. The molecule has 1 N–H and O–H groups in total. The summed E-state index contributed by atoms with van der Waals surface area (Å²) < 4.78 is 10.3. The fraction of sp³-hybridized carbons (Fsp3) is 1.00. The van der Waals surface area contributed by atoms with E-state index >= 15 is 0 Å². The molecule has 0 amide bonds. The molecule has 0 aromatic rings. The van der Waals surface area contributed by atoms with Gasteiger partial charge in [-0.1, -0.05) is 0 Å². The minimum atomic E-state index is 0.303. The Morgan fingerprint density at radius 3 is 2.64 bits per heavy atom. The molecular formula is C8H19NO2. The number of likely N-dealkylation sites (N-methyl/N-ethyl adjacent to an activating group) is 1. The van der Waals surface area contributed by atoms with Crippen molar-refractivity contribution in [1.82, 2.24) is 5.32 Å². The molecule has 3 heteroatoms. The average Bonchev–Trinajstić information content (AvgIpc) is 1.99. The van der Waals surface area contributed by atoms with Crippen LogP contribution in [0.15, 0.2) is 0 Å². The lowest BCUT2D eigenvalue weighted by atomic mass is 10.4. The monoisotopic (exact) mass is 161 g/mol. The third-order valence-electron chi connectivity index (χ3n) is 1.39. The minimum Gasteiger partial charge on any atom is -0.385 e. The van der Waals surface area contributed by atoms with Crippen molar-refractivity contribution in [1.29, 1.82) is 0 Å². The summed E-state index contributed by atoms with van der Waals surface area (Å²) in [6, 6.07) is 0. The van der Waals surface area contributed by atoms with Gasteiger partial charge in [-0.2, -0.15) is 0 Å². The van der Waals surface area contributed by atoms with Crippen molar-refractivity contribution >= 4 is 0 Å². The molecule has 0 aliphatic rings. The Labute approximate surface area is 69.1 Å². The van der Waals surface area contributed by atoms with Crippen molar-refractivity contribution in [3.05, 3.63) is 0 Å². The maximum atomic E-state index is 5.44. The van der Waals surface area contributed by atoms with Gasteiger partial charge in [0.2, 0.25) is 0 Å². The molecule has 3 nitrogen and oxygen atoms in total. The lowest BCUT2D eigenvalue weighted by molar-refractivity contribution is 0.0516. The highest BCUT2D eigenvalue weighted by Crippen LogP contribution is 1.90. The molecule has 68 valence electrons. The molecule has 0 aromatic carbocycles. The van der Waals surface area contributed by atoms with Gasteiger partial charge in [-0.15, -0.1) is 0 Å². The topological polar surface area (TPSA) is 30.5 Å². The predicted octanol–water partition coefficient (Wildman–Crippen LogP) is 0.647. The number of nitrogens with one attached hydrogen (secondary N) is 1. The fourth-order valence-corrected chi connectivity index (χ4v) is 0.834. The summed E-state index contributed by atoms with van der Waals surface area (Å²) in [5.74, 6) is 0. The van der Waals surface area contributed by atoms with Crippen molar-refractivity contribution in [3.63, 3.8) is 0 Å². The van der Waals surface area contributed by atoms with Gasteiger partial charge >= 0.3 is 0 Å². The molecule has 0 saturated heterocycles. The van der Waals surface area contributed by atoms with Crippen molar-refractivity contribution in [3.8, 4) is 0 Å². The van der Waals surface area contributed by atoms with Crippen LogP contribution in [0, 0.1) is 0 Å². The van der Waals surface area contributed by atoms with Crippen LogP contribution in [0.1, 0.15) is 13.3 Å². The minimum absolute atomic E-state index is 0.303. The normalized spacial score (nSPS) is 13.4. The first kappa shape index (κ1) is 10.9. The van der Waals surface area contributed by atoms with Crippen LogP contribution < -0.4 is 5.32 Å². The molecule has 1 atom stereocenters. The molecule has 0 aliphatic heterocycles. The van der Waals surface area contributed by atoms with Gasteiger partial charge in [0.25, 0.3) is 0 Å². The molecular weight excluding hydrogens is 142 g/mol. The molecule has 0 radical (unpaired) electrons. The molecule has 0 aliphatic carbocycles. The van der Waals surface area contributed by atoms with E-state index in [1.165, 1.54) is 0 Å². The highest BCUT2D eigenvalue weighted by atomic mass is 16.5. The summed E-state index contributed by atoms with van der Waals surface area (Å²) >= 11 is 0. The first-order valence-electron chi connectivity index (χ1n) is 4.06. The number of methoxy groups -OCH3 is 1. The van der Waals surface area contributed by atoms with Crippen molar-refractivity contribution in [2.24, 2.45) is 0 Å². The van der Waals surface area contributed by atoms with E-state index < -0.39 is 0 Å². The fourth-order valence-electron chi connectivity index (χ4n) is 0.834. The van der Waals surface area contributed by atoms with Crippen molar-refractivity contribution in [2.75, 3.05) is 33.9 Å². The third-order valence-corrected chi connectivity index (χ3v) is 1.39. The smallest absolute Gasteiger partial charge is 0.0671 e. The first-order chi connectivity index (χ1) is 5.31. The van der Waals surface area contributed by atoms with Crippen LogP contribution in [-0.4, -0.2) is 40.0 Å². The van der Waals surface area contributed by atoms with Crippen LogP contribution in [0.25, 0.3) is 0 Å². The second-order valence-electron chi connectivity index (χ2n) is 2.59. The van der Waals surface area contributed by atoms with Crippen LogP contribution in [0.3, 0.4) is 0 Å². The second kappa shape index (κ2) is 7.98. The van der Waals surface area contributed by atoms with Gasteiger partial charge in [-0.25, -0.2) is 0 Å². The highest BCUT2D eigenvalue weighted by Gasteiger charge is 1.98. The third kappa shape index (κ3) is 7.78. The number of ether oxygens (including phenoxy) is 2. The molecule has 0 fully saturated rings. The van der Waals surface area contributed by atoms with Gasteiger partial charge in [-0.05, 0) is 20.4 Å². The average molecular weight is 161 g/mol. The first-order valence-corrected chi connectivity index (χ1v) is 4.06. The SMILES string of the molecule is CNC[C@@H](C)OCCCOC. The zero-order chi connectivity index (χ0) is 8.53. The zero-order valence-corrected chi connectivity index (χ0v) is 7.72. The Bertz CT molecular complexity index is 78.5. The summed E-state index contributed by atoms with van der Waals surface area (Å²) in [6.45, 7) is 4.54. The molecule has 0 bridgehead atoms. The van der Waals surface area contributed by atoms with Gasteiger partial charge < -0.3 is 14.8 Å². The Morgan fingerprint density at radius 1 is 1.36 bits per heavy atom. The van der Waals surface area contributed by atoms with E-state index in [-0.39, 0.29) is 0 Å². The standard InChI is InChI=1S/C8H19NO2/c1-8(7-9-2)11-6-4-5-10-3/h8-9H,4-7H2,1-3H3/t8-/m1/s1. The Hall–Kier alpha value is -0.120. The van der Waals surface area contributed by atoms with E-state index in [2.05, 4.69) is 12.2 Å². The summed E-state index contributed by atoms with van der Waals surface area (Å²) in [7, 11) is 3.63. The van der Waals surface area contributed by atoms with Gasteiger partial charge in [0.15, 0.2) is 0 Å². The lowest BCUT2D eigenvalue weighted by Crippen LogP contribution is -2.24. The van der Waals surface area contributed by atoms with Gasteiger partial charge in [-0.3, -0.25) is 0 Å². The van der Waals surface area contributed by atoms with E-state index in [0.29, 0.717) is 6.10 Å². The molecule has 0 heterocycles. The molecule has 0 spiro atoms. The number of rotatable bonds is 7. The van der Waals surface area contributed by atoms with Crippen molar-refractivity contribution in [2.45, 2.75) is 19.4 Å². The van der Waals surface area contributed by atoms with Gasteiger partial charge in [0, 0.05) is 26.9 Å². The molecule has 0 rings (SSSR count). The van der Waals surface area contributed by atoms with Gasteiger partial charge in [0.05, 0.1) is 6.10 Å². The summed E-state index contributed by atoms with van der Waals surface area (Å²) in [5, 5.41) is 3.05. The van der Waals surface area contributed by atoms with E-state index in [1.807, 2.05) is 7.05 Å². The van der Waals surface area contributed by atoms with Crippen LogP contribution in [0.2, 0.25) is 0 Å².